The molecule has 22 heavy (non-hydrogen) atoms. The van der Waals surface area contributed by atoms with Crippen LogP contribution in [0.25, 0.3) is 5.69 Å². The lowest BCUT2D eigenvalue weighted by atomic mass is 10.1. The Labute approximate surface area is 134 Å². The van der Waals surface area contributed by atoms with E-state index in [0.29, 0.717) is 16.6 Å². The standard InChI is InChI=1S/C16H19ClN4O/c1-11-10-20(8-7-18-11)16(22)13-9-19-21(12(13)2)15-6-4-3-5-14(15)17/h3-6,9,11,18H,7-8,10H2,1-2H3. The predicted molar refractivity (Wildman–Crippen MR) is 86.7 cm³/mol. The van der Waals surface area contributed by atoms with Crippen LogP contribution in [0.3, 0.4) is 0 Å². The molecule has 6 heteroatoms. The summed E-state index contributed by atoms with van der Waals surface area (Å²) in [6.07, 6.45) is 1.63. The van der Waals surface area contributed by atoms with Crippen molar-refractivity contribution in [1.29, 1.82) is 0 Å². The van der Waals surface area contributed by atoms with Crippen molar-refractivity contribution in [1.82, 2.24) is 20.0 Å². The Morgan fingerprint density at radius 1 is 1.41 bits per heavy atom. The average molecular weight is 319 g/mol. The van der Waals surface area contributed by atoms with Gasteiger partial charge in [-0.3, -0.25) is 4.79 Å². The first-order valence-electron chi connectivity index (χ1n) is 7.40. The quantitative estimate of drug-likeness (QED) is 0.924. The van der Waals surface area contributed by atoms with Crippen LogP contribution in [-0.2, 0) is 0 Å². The van der Waals surface area contributed by atoms with E-state index in [1.54, 1.807) is 10.9 Å². The predicted octanol–water partition coefficient (Wildman–Crippen LogP) is 2.27. The maximum Gasteiger partial charge on any atom is 0.257 e. The zero-order valence-corrected chi connectivity index (χ0v) is 13.5. The molecule has 0 spiro atoms. The maximum atomic E-state index is 12.7. The monoisotopic (exact) mass is 318 g/mol. The van der Waals surface area contributed by atoms with Gasteiger partial charge in [0.15, 0.2) is 0 Å². The number of piperazine rings is 1. The number of halogens is 1. The Morgan fingerprint density at radius 2 is 2.18 bits per heavy atom. The minimum atomic E-state index is 0.0316. The molecular weight excluding hydrogens is 300 g/mol. The highest BCUT2D eigenvalue weighted by atomic mass is 35.5. The van der Waals surface area contributed by atoms with Gasteiger partial charge in [-0.2, -0.15) is 5.10 Å². The second kappa shape index (κ2) is 6.10. The van der Waals surface area contributed by atoms with Gasteiger partial charge >= 0.3 is 0 Å². The molecule has 0 radical (unpaired) electrons. The highest BCUT2D eigenvalue weighted by molar-refractivity contribution is 6.32. The van der Waals surface area contributed by atoms with Crippen LogP contribution in [0, 0.1) is 6.92 Å². The van der Waals surface area contributed by atoms with Crippen molar-refractivity contribution in [2.75, 3.05) is 19.6 Å². The number of nitrogens with one attached hydrogen (secondary N) is 1. The minimum Gasteiger partial charge on any atom is -0.336 e. The summed E-state index contributed by atoms with van der Waals surface area (Å²) in [5.41, 5.74) is 2.23. The van der Waals surface area contributed by atoms with Crippen LogP contribution in [0.5, 0.6) is 0 Å². The molecule has 1 atom stereocenters. The number of rotatable bonds is 2. The van der Waals surface area contributed by atoms with Gasteiger partial charge in [-0.05, 0) is 26.0 Å². The fourth-order valence-electron chi connectivity index (χ4n) is 2.77. The third kappa shape index (κ3) is 2.74. The molecule has 2 aromatic rings. The van der Waals surface area contributed by atoms with E-state index in [2.05, 4.69) is 17.3 Å². The topological polar surface area (TPSA) is 50.2 Å². The van der Waals surface area contributed by atoms with E-state index in [0.717, 1.165) is 31.0 Å². The van der Waals surface area contributed by atoms with Crippen LogP contribution in [0.4, 0.5) is 0 Å². The van der Waals surface area contributed by atoms with Crippen LogP contribution in [0.15, 0.2) is 30.5 Å². The van der Waals surface area contributed by atoms with E-state index in [4.69, 9.17) is 11.6 Å². The normalized spacial score (nSPS) is 18.5. The Bertz CT molecular complexity index is 697. The summed E-state index contributed by atoms with van der Waals surface area (Å²) in [4.78, 5) is 14.6. The molecule has 1 aliphatic heterocycles. The third-order valence-corrected chi connectivity index (χ3v) is 4.30. The van der Waals surface area contributed by atoms with Gasteiger partial charge in [0, 0.05) is 25.7 Å². The molecular formula is C16H19ClN4O. The van der Waals surface area contributed by atoms with Crippen LogP contribution >= 0.6 is 11.6 Å². The van der Waals surface area contributed by atoms with Gasteiger partial charge in [0.05, 0.1) is 28.2 Å². The molecule has 2 heterocycles. The van der Waals surface area contributed by atoms with Crippen molar-refractivity contribution in [3.8, 4) is 5.69 Å². The molecule has 1 aliphatic rings. The summed E-state index contributed by atoms with van der Waals surface area (Å²) in [5, 5.41) is 8.30. The van der Waals surface area contributed by atoms with Crippen molar-refractivity contribution >= 4 is 17.5 Å². The Morgan fingerprint density at radius 3 is 2.91 bits per heavy atom. The minimum absolute atomic E-state index is 0.0316. The largest absolute Gasteiger partial charge is 0.336 e. The Balaban J connectivity index is 1.90. The lowest BCUT2D eigenvalue weighted by Gasteiger charge is -2.31. The average Bonchev–Trinajstić information content (AvgIpc) is 2.88. The fourth-order valence-corrected chi connectivity index (χ4v) is 2.99. The smallest absolute Gasteiger partial charge is 0.257 e. The summed E-state index contributed by atoms with van der Waals surface area (Å²) in [5.74, 6) is 0.0316. The highest BCUT2D eigenvalue weighted by Crippen LogP contribution is 2.22. The van der Waals surface area contributed by atoms with Crippen molar-refractivity contribution in [3.63, 3.8) is 0 Å². The first-order chi connectivity index (χ1) is 10.6. The number of aromatic nitrogens is 2. The summed E-state index contributed by atoms with van der Waals surface area (Å²) >= 11 is 6.22. The van der Waals surface area contributed by atoms with E-state index in [1.807, 2.05) is 36.1 Å². The molecule has 1 amide bonds. The van der Waals surface area contributed by atoms with Gasteiger partial charge in [-0.1, -0.05) is 23.7 Å². The molecule has 0 aliphatic carbocycles. The van der Waals surface area contributed by atoms with E-state index >= 15 is 0 Å². The maximum absolute atomic E-state index is 12.7. The number of carbonyl (C=O) groups excluding carboxylic acids is 1. The van der Waals surface area contributed by atoms with Crippen molar-refractivity contribution < 1.29 is 4.79 Å². The van der Waals surface area contributed by atoms with Crippen LogP contribution in [0.1, 0.15) is 23.0 Å². The molecule has 1 saturated heterocycles. The van der Waals surface area contributed by atoms with E-state index in [1.165, 1.54) is 0 Å². The van der Waals surface area contributed by atoms with Crippen molar-refractivity contribution in [2.24, 2.45) is 0 Å². The van der Waals surface area contributed by atoms with Crippen LogP contribution < -0.4 is 5.32 Å². The molecule has 1 unspecified atom stereocenters. The highest BCUT2D eigenvalue weighted by Gasteiger charge is 2.25. The molecule has 3 rings (SSSR count). The first kappa shape index (κ1) is 15.1. The van der Waals surface area contributed by atoms with Gasteiger partial charge < -0.3 is 10.2 Å². The number of para-hydroxylation sites is 1. The third-order valence-electron chi connectivity index (χ3n) is 3.98. The molecule has 0 bridgehead atoms. The van der Waals surface area contributed by atoms with E-state index in [9.17, 15) is 4.79 Å². The lowest BCUT2D eigenvalue weighted by Crippen LogP contribution is -2.51. The van der Waals surface area contributed by atoms with Crippen LogP contribution in [0.2, 0.25) is 5.02 Å². The van der Waals surface area contributed by atoms with Gasteiger partial charge in [-0.25, -0.2) is 4.68 Å². The first-order valence-corrected chi connectivity index (χ1v) is 7.78. The van der Waals surface area contributed by atoms with E-state index in [-0.39, 0.29) is 5.91 Å². The molecule has 5 nitrogen and oxygen atoms in total. The van der Waals surface area contributed by atoms with Gasteiger partial charge in [0.25, 0.3) is 5.91 Å². The number of nitrogens with zero attached hydrogens (tertiary/aromatic N) is 3. The fraction of sp³-hybridized carbons (Fsp3) is 0.375. The van der Waals surface area contributed by atoms with E-state index < -0.39 is 0 Å². The molecule has 1 aromatic carbocycles. The number of hydrogen-bond donors (Lipinski definition) is 1. The zero-order chi connectivity index (χ0) is 15.7. The van der Waals surface area contributed by atoms with Crippen molar-refractivity contribution in [2.45, 2.75) is 19.9 Å². The number of carbonyl (C=O) groups is 1. The molecule has 1 aromatic heterocycles. The molecule has 1 fully saturated rings. The number of hydrogen-bond acceptors (Lipinski definition) is 3. The number of amides is 1. The molecule has 116 valence electrons. The Kier molecular flexibility index (Phi) is 4.18. The SMILES string of the molecule is Cc1c(C(=O)N2CCNC(C)C2)cnn1-c1ccccc1Cl. The van der Waals surface area contributed by atoms with Gasteiger partial charge in [0.2, 0.25) is 0 Å². The van der Waals surface area contributed by atoms with Crippen molar-refractivity contribution in [3.05, 3.63) is 46.7 Å². The van der Waals surface area contributed by atoms with Gasteiger partial charge in [0.1, 0.15) is 0 Å². The summed E-state index contributed by atoms with van der Waals surface area (Å²) in [6, 6.07) is 7.80. The zero-order valence-electron chi connectivity index (χ0n) is 12.7. The molecule has 0 saturated carbocycles. The summed E-state index contributed by atoms with van der Waals surface area (Å²) < 4.78 is 1.72. The van der Waals surface area contributed by atoms with Crippen LogP contribution in [-0.4, -0.2) is 46.3 Å². The summed E-state index contributed by atoms with van der Waals surface area (Å²) in [6.45, 7) is 6.24. The second-order valence-corrected chi connectivity index (χ2v) is 6.02. The summed E-state index contributed by atoms with van der Waals surface area (Å²) in [7, 11) is 0. The number of benzene rings is 1. The van der Waals surface area contributed by atoms with Gasteiger partial charge in [-0.15, -0.1) is 0 Å². The second-order valence-electron chi connectivity index (χ2n) is 5.61. The molecule has 1 N–H and O–H groups in total. The Hall–Kier alpha value is -1.85. The lowest BCUT2D eigenvalue weighted by molar-refractivity contribution is 0.0708.